The van der Waals surface area contributed by atoms with Crippen LogP contribution in [0, 0.1) is 12.8 Å². The van der Waals surface area contributed by atoms with E-state index >= 15 is 0 Å². The standard InChI is InChI=1S/C23H28N4O3/c1-14(2)23(29)26-11-7-9-18(26)21-24-15(3)17-12-20(28)27(22(17)25-21)13-16-8-5-6-10-19(16)30-4/h5-6,8,10,14,18H,7,9,11-13H2,1-4H3/t18-/m0/s1. The number of rotatable bonds is 5. The van der Waals surface area contributed by atoms with Crippen LogP contribution < -0.4 is 9.64 Å². The van der Waals surface area contributed by atoms with Crippen molar-refractivity contribution in [3.8, 4) is 5.75 Å². The molecule has 158 valence electrons. The lowest BCUT2D eigenvalue weighted by Crippen LogP contribution is -2.35. The van der Waals surface area contributed by atoms with Gasteiger partial charge in [0.05, 0.1) is 26.1 Å². The first-order chi connectivity index (χ1) is 14.4. The Morgan fingerprint density at radius 1 is 1.27 bits per heavy atom. The predicted molar refractivity (Wildman–Crippen MR) is 113 cm³/mol. The van der Waals surface area contributed by atoms with Gasteiger partial charge in [0.2, 0.25) is 11.8 Å². The van der Waals surface area contributed by atoms with Crippen molar-refractivity contribution in [2.45, 2.75) is 52.6 Å². The van der Waals surface area contributed by atoms with Crippen LogP contribution in [-0.4, -0.2) is 40.3 Å². The molecule has 0 bridgehead atoms. The summed E-state index contributed by atoms with van der Waals surface area (Å²) in [7, 11) is 1.63. The Morgan fingerprint density at radius 2 is 2.03 bits per heavy atom. The number of benzene rings is 1. The number of amides is 2. The van der Waals surface area contributed by atoms with Crippen LogP contribution in [0.1, 0.15) is 55.4 Å². The molecule has 2 aliphatic rings. The number of para-hydroxylation sites is 1. The zero-order chi connectivity index (χ0) is 21.4. The molecule has 0 unspecified atom stereocenters. The third kappa shape index (κ3) is 3.53. The first-order valence-corrected chi connectivity index (χ1v) is 10.5. The number of aryl methyl sites for hydroxylation is 1. The predicted octanol–water partition coefficient (Wildman–Crippen LogP) is 3.20. The van der Waals surface area contributed by atoms with Gasteiger partial charge >= 0.3 is 0 Å². The molecule has 1 aromatic heterocycles. The van der Waals surface area contributed by atoms with E-state index in [9.17, 15) is 9.59 Å². The van der Waals surface area contributed by atoms with Gasteiger partial charge in [-0.05, 0) is 25.8 Å². The van der Waals surface area contributed by atoms with Crippen LogP contribution in [0.4, 0.5) is 5.82 Å². The fourth-order valence-electron chi connectivity index (χ4n) is 4.34. The Labute approximate surface area is 177 Å². The molecule has 0 N–H and O–H groups in total. The van der Waals surface area contributed by atoms with Crippen LogP contribution in [0.15, 0.2) is 24.3 Å². The highest BCUT2D eigenvalue weighted by Gasteiger charge is 2.37. The van der Waals surface area contributed by atoms with Crippen molar-refractivity contribution in [1.29, 1.82) is 0 Å². The number of carbonyl (C=O) groups excluding carboxylic acids is 2. The fourth-order valence-corrected chi connectivity index (χ4v) is 4.34. The number of anilines is 1. The first kappa shape index (κ1) is 20.3. The molecule has 1 fully saturated rings. The molecule has 30 heavy (non-hydrogen) atoms. The van der Waals surface area contributed by atoms with E-state index in [4.69, 9.17) is 14.7 Å². The fraction of sp³-hybridized carbons (Fsp3) is 0.478. The molecule has 4 rings (SSSR count). The monoisotopic (exact) mass is 408 g/mol. The maximum absolute atomic E-state index is 12.8. The molecule has 1 aromatic carbocycles. The smallest absolute Gasteiger partial charge is 0.233 e. The Hall–Kier alpha value is -2.96. The van der Waals surface area contributed by atoms with Crippen molar-refractivity contribution in [2.24, 2.45) is 5.92 Å². The normalized spacial score (nSPS) is 18.3. The van der Waals surface area contributed by atoms with Crippen LogP contribution in [0.25, 0.3) is 0 Å². The van der Waals surface area contributed by atoms with E-state index in [2.05, 4.69) is 0 Å². The molecule has 0 spiro atoms. The highest BCUT2D eigenvalue weighted by Crippen LogP contribution is 2.36. The summed E-state index contributed by atoms with van der Waals surface area (Å²) >= 11 is 0. The zero-order valence-electron chi connectivity index (χ0n) is 18.0. The molecule has 1 saturated heterocycles. The van der Waals surface area contributed by atoms with E-state index in [1.807, 2.05) is 49.9 Å². The molecule has 7 heteroatoms. The number of nitrogens with zero attached hydrogens (tertiary/aromatic N) is 4. The Kier molecular flexibility index (Phi) is 5.45. The zero-order valence-corrected chi connectivity index (χ0v) is 18.0. The maximum Gasteiger partial charge on any atom is 0.233 e. The van der Waals surface area contributed by atoms with Gasteiger partial charge in [-0.2, -0.15) is 0 Å². The number of ether oxygens (including phenoxy) is 1. The minimum Gasteiger partial charge on any atom is -0.496 e. The molecular weight excluding hydrogens is 380 g/mol. The number of likely N-dealkylation sites (tertiary alicyclic amines) is 1. The molecule has 2 aromatic rings. The quantitative estimate of drug-likeness (QED) is 0.759. The summed E-state index contributed by atoms with van der Waals surface area (Å²) in [6.45, 7) is 6.88. The molecule has 0 saturated carbocycles. The Balaban J connectivity index is 1.69. The Bertz CT molecular complexity index is 988. The minimum absolute atomic E-state index is 0.00647. The van der Waals surface area contributed by atoms with Crippen molar-refractivity contribution in [1.82, 2.24) is 14.9 Å². The van der Waals surface area contributed by atoms with Gasteiger partial charge in [0.25, 0.3) is 0 Å². The third-order valence-electron chi connectivity index (χ3n) is 5.94. The lowest BCUT2D eigenvalue weighted by Gasteiger charge is -2.26. The lowest BCUT2D eigenvalue weighted by atomic mass is 10.1. The lowest BCUT2D eigenvalue weighted by molar-refractivity contribution is -0.135. The highest BCUT2D eigenvalue weighted by molar-refractivity contribution is 6.00. The number of hydrogen-bond acceptors (Lipinski definition) is 5. The van der Waals surface area contributed by atoms with Gasteiger partial charge in [-0.15, -0.1) is 0 Å². The highest BCUT2D eigenvalue weighted by atomic mass is 16.5. The summed E-state index contributed by atoms with van der Waals surface area (Å²) in [5.74, 6) is 2.11. The largest absolute Gasteiger partial charge is 0.496 e. The van der Waals surface area contributed by atoms with E-state index in [1.54, 1.807) is 12.0 Å². The molecule has 2 aliphatic heterocycles. The van der Waals surface area contributed by atoms with Crippen LogP contribution in [0.3, 0.4) is 0 Å². The average Bonchev–Trinajstić information content (AvgIpc) is 3.33. The van der Waals surface area contributed by atoms with Crippen molar-refractivity contribution in [3.63, 3.8) is 0 Å². The number of carbonyl (C=O) groups is 2. The van der Waals surface area contributed by atoms with E-state index in [1.165, 1.54) is 0 Å². The number of hydrogen-bond donors (Lipinski definition) is 0. The van der Waals surface area contributed by atoms with Gasteiger partial charge in [-0.25, -0.2) is 9.97 Å². The number of methoxy groups -OCH3 is 1. The molecule has 1 atom stereocenters. The van der Waals surface area contributed by atoms with Crippen molar-refractivity contribution < 1.29 is 14.3 Å². The van der Waals surface area contributed by atoms with Gasteiger partial charge in [0.15, 0.2) is 5.82 Å². The molecular formula is C23H28N4O3. The number of aromatic nitrogens is 2. The molecule has 7 nitrogen and oxygen atoms in total. The van der Waals surface area contributed by atoms with Crippen molar-refractivity contribution in [3.05, 3.63) is 46.9 Å². The maximum atomic E-state index is 12.8. The minimum atomic E-state index is -0.132. The van der Waals surface area contributed by atoms with Crippen LogP contribution in [0.2, 0.25) is 0 Å². The van der Waals surface area contributed by atoms with Gasteiger partial charge < -0.3 is 9.64 Å². The van der Waals surface area contributed by atoms with Gasteiger partial charge in [0.1, 0.15) is 11.6 Å². The van der Waals surface area contributed by atoms with Crippen LogP contribution in [-0.2, 0) is 22.6 Å². The third-order valence-corrected chi connectivity index (χ3v) is 5.94. The SMILES string of the molecule is COc1ccccc1CN1C(=O)Cc2c(C)nc([C@@H]3CCCN3C(=O)C(C)C)nc21. The summed E-state index contributed by atoms with van der Waals surface area (Å²) in [5.41, 5.74) is 2.62. The van der Waals surface area contributed by atoms with E-state index in [-0.39, 0.29) is 23.8 Å². The second-order valence-electron chi connectivity index (χ2n) is 8.28. The van der Waals surface area contributed by atoms with E-state index < -0.39 is 0 Å². The summed E-state index contributed by atoms with van der Waals surface area (Å²) in [6, 6.07) is 7.56. The number of fused-ring (bicyclic) bond motifs is 1. The Morgan fingerprint density at radius 3 is 2.77 bits per heavy atom. The van der Waals surface area contributed by atoms with Gasteiger partial charge in [0, 0.05) is 29.3 Å². The summed E-state index contributed by atoms with van der Waals surface area (Å²) < 4.78 is 5.46. The first-order valence-electron chi connectivity index (χ1n) is 10.5. The van der Waals surface area contributed by atoms with Crippen molar-refractivity contribution >= 4 is 17.6 Å². The summed E-state index contributed by atoms with van der Waals surface area (Å²) in [4.78, 5) is 38.7. The van der Waals surface area contributed by atoms with E-state index in [0.717, 1.165) is 42.0 Å². The van der Waals surface area contributed by atoms with Crippen molar-refractivity contribution in [2.75, 3.05) is 18.6 Å². The van der Waals surface area contributed by atoms with Crippen LogP contribution in [0.5, 0.6) is 5.75 Å². The molecule has 0 aliphatic carbocycles. The topological polar surface area (TPSA) is 75.6 Å². The molecule has 3 heterocycles. The molecule has 0 radical (unpaired) electrons. The average molecular weight is 409 g/mol. The summed E-state index contributed by atoms with van der Waals surface area (Å²) in [6.07, 6.45) is 2.08. The van der Waals surface area contributed by atoms with Gasteiger partial charge in [-0.3, -0.25) is 14.5 Å². The molecule has 2 amide bonds. The second kappa shape index (κ2) is 8.05. The second-order valence-corrected chi connectivity index (χ2v) is 8.28. The summed E-state index contributed by atoms with van der Waals surface area (Å²) in [5, 5.41) is 0. The van der Waals surface area contributed by atoms with E-state index in [0.29, 0.717) is 24.6 Å². The van der Waals surface area contributed by atoms with Crippen LogP contribution >= 0.6 is 0 Å². The van der Waals surface area contributed by atoms with Gasteiger partial charge in [-0.1, -0.05) is 32.0 Å².